The molecule has 3 saturated heterocycles. The van der Waals surface area contributed by atoms with Gasteiger partial charge in [0.15, 0.2) is 5.82 Å². The van der Waals surface area contributed by atoms with E-state index < -0.39 is 12.3 Å². The summed E-state index contributed by atoms with van der Waals surface area (Å²) < 4.78 is 25.4. The molecule has 3 fully saturated rings. The maximum atomic E-state index is 14.2. The van der Waals surface area contributed by atoms with Gasteiger partial charge in [0.1, 0.15) is 30.4 Å². The first kappa shape index (κ1) is 26.4. The van der Waals surface area contributed by atoms with Crippen LogP contribution in [0.4, 0.5) is 21.7 Å². The number of piperidine rings is 1. The number of benzene rings is 2. The van der Waals surface area contributed by atoms with E-state index in [4.69, 9.17) is 9.47 Å². The molecular weight excluding hydrogens is 511 g/mol. The average Bonchev–Trinajstić information content (AvgIpc) is 2.95. The minimum Gasteiger partial charge on any atom is -0.486 e. The van der Waals surface area contributed by atoms with Gasteiger partial charge in [-0.2, -0.15) is 10.2 Å². The molecule has 3 aliphatic heterocycles. The Bertz CT molecular complexity index is 1360. The summed E-state index contributed by atoms with van der Waals surface area (Å²) in [5.41, 5.74) is 3.01. The van der Waals surface area contributed by atoms with Crippen molar-refractivity contribution >= 4 is 17.3 Å². The normalized spacial score (nSPS) is 23.7. The average molecular weight is 545 g/mol. The third-order valence-corrected chi connectivity index (χ3v) is 7.81. The third-order valence-electron chi connectivity index (χ3n) is 7.81. The van der Waals surface area contributed by atoms with Crippen molar-refractivity contribution in [1.29, 1.82) is 5.26 Å². The second-order valence-corrected chi connectivity index (χ2v) is 10.5. The zero-order valence-electron chi connectivity index (χ0n) is 22.5. The lowest BCUT2D eigenvalue weighted by atomic mass is 10.1. The number of rotatable bonds is 7. The third kappa shape index (κ3) is 5.70. The fourth-order valence-corrected chi connectivity index (χ4v) is 5.50. The fraction of sp³-hybridized carbons (Fsp3) is 0.448. The Morgan fingerprint density at radius 1 is 1.15 bits per heavy atom. The second kappa shape index (κ2) is 11.7. The summed E-state index contributed by atoms with van der Waals surface area (Å²) in [6.07, 6.45) is 0.289. The van der Waals surface area contributed by atoms with Crippen LogP contribution in [0.25, 0.3) is 11.4 Å². The SMILES string of the molecule is C[C@H]1CN(c2ccc(Nc3ncnc(-c4ccc(O[C@H]5CCNC[C@@H]5F)c(C#N)c4)n3)cc2)CCN1C1COC1. The first-order valence-corrected chi connectivity index (χ1v) is 13.8. The van der Waals surface area contributed by atoms with Gasteiger partial charge in [-0.1, -0.05) is 0 Å². The molecule has 3 aromatic rings. The summed E-state index contributed by atoms with van der Waals surface area (Å²) in [5, 5.41) is 16.0. The standard InChI is InChI=1S/C29H33FN8O2/c1-19-15-37(10-11-38(19)24-16-39-17-24)23-5-3-22(4-6-23)35-29-34-18-33-28(36-29)20-2-7-26(21(12-20)13-31)40-27-8-9-32-14-25(27)30/h2-7,12,18-19,24-25,27,32H,8-11,14-17H2,1H3,(H,33,34,35,36)/t19-,25-,27-/m0/s1. The predicted molar refractivity (Wildman–Crippen MR) is 149 cm³/mol. The van der Waals surface area contributed by atoms with Gasteiger partial charge < -0.3 is 25.0 Å². The molecule has 10 nitrogen and oxygen atoms in total. The monoisotopic (exact) mass is 544 g/mol. The van der Waals surface area contributed by atoms with Crippen molar-refractivity contribution in [2.75, 3.05) is 56.2 Å². The lowest BCUT2D eigenvalue weighted by molar-refractivity contribution is -0.0792. The van der Waals surface area contributed by atoms with Gasteiger partial charge in [0, 0.05) is 49.2 Å². The van der Waals surface area contributed by atoms with Crippen LogP contribution in [0.2, 0.25) is 0 Å². The van der Waals surface area contributed by atoms with Crippen LogP contribution in [0.3, 0.4) is 0 Å². The molecule has 3 aliphatic rings. The topological polar surface area (TPSA) is 111 Å². The highest BCUT2D eigenvalue weighted by Gasteiger charge is 2.33. The summed E-state index contributed by atoms with van der Waals surface area (Å²) in [7, 11) is 0. The molecule has 11 heteroatoms. The Hall–Kier alpha value is -3.85. The molecule has 0 bridgehead atoms. The molecule has 0 saturated carbocycles. The number of piperazine rings is 1. The quantitative estimate of drug-likeness (QED) is 0.460. The van der Waals surface area contributed by atoms with E-state index in [9.17, 15) is 9.65 Å². The molecule has 208 valence electrons. The largest absolute Gasteiger partial charge is 0.486 e. The first-order chi connectivity index (χ1) is 19.6. The number of halogens is 1. The van der Waals surface area contributed by atoms with Crippen LogP contribution in [0.1, 0.15) is 18.9 Å². The van der Waals surface area contributed by atoms with Gasteiger partial charge in [0.25, 0.3) is 0 Å². The summed E-state index contributed by atoms with van der Waals surface area (Å²) in [6.45, 7) is 7.93. The molecule has 0 unspecified atom stereocenters. The van der Waals surface area contributed by atoms with E-state index in [-0.39, 0.29) is 6.54 Å². The van der Waals surface area contributed by atoms with Crippen molar-refractivity contribution < 1.29 is 13.9 Å². The molecule has 2 aromatic carbocycles. The van der Waals surface area contributed by atoms with Gasteiger partial charge in [-0.05, 0) is 62.4 Å². The molecule has 0 aliphatic carbocycles. The fourth-order valence-electron chi connectivity index (χ4n) is 5.50. The maximum absolute atomic E-state index is 14.2. The van der Waals surface area contributed by atoms with Crippen molar-refractivity contribution in [2.24, 2.45) is 0 Å². The van der Waals surface area contributed by atoms with Crippen LogP contribution in [-0.4, -0.2) is 90.1 Å². The zero-order valence-corrected chi connectivity index (χ0v) is 22.5. The van der Waals surface area contributed by atoms with E-state index in [1.54, 1.807) is 18.2 Å². The van der Waals surface area contributed by atoms with Crippen molar-refractivity contribution in [3.05, 3.63) is 54.4 Å². The van der Waals surface area contributed by atoms with E-state index in [1.807, 2.05) is 12.1 Å². The Morgan fingerprint density at radius 2 is 2.00 bits per heavy atom. The van der Waals surface area contributed by atoms with Crippen molar-refractivity contribution in [3.63, 3.8) is 0 Å². The predicted octanol–water partition coefficient (Wildman–Crippen LogP) is 3.14. The molecule has 0 spiro atoms. The van der Waals surface area contributed by atoms with E-state index >= 15 is 0 Å². The molecule has 2 N–H and O–H groups in total. The molecular formula is C29H33FN8O2. The highest BCUT2D eigenvalue weighted by molar-refractivity contribution is 5.64. The number of aromatic nitrogens is 3. The summed E-state index contributed by atoms with van der Waals surface area (Å²) >= 11 is 0. The summed E-state index contributed by atoms with van der Waals surface area (Å²) in [4.78, 5) is 18.1. The smallest absolute Gasteiger partial charge is 0.230 e. The second-order valence-electron chi connectivity index (χ2n) is 10.5. The summed E-state index contributed by atoms with van der Waals surface area (Å²) in [5.74, 6) is 1.18. The van der Waals surface area contributed by atoms with Crippen LogP contribution in [0.5, 0.6) is 5.75 Å². The maximum Gasteiger partial charge on any atom is 0.230 e. The van der Waals surface area contributed by atoms with Crippen LogP contribution in [0, 0.1) is 11.3 Å². The van der Waals surface area contributed by atoms with E-state index in [1.165, 1.54) is 12.0 Å². The van der Waals surface area contributed by atoms with Crippen molar-refractivity contribution in [3.8, 4) is 23.2 Å². The number of nitrogens with zero attached hydrogens (tertiary/aromatic N) is 6. The lowest BCUT2D eigenvalue weighted by Gasteiger charge is -2.47. The zero-order chi connectivity index (χ0) is 27.5. The Morgan fingerprint density at radius 3 is 2.73 bits per heavy atom. The van der Waals surface area contributed by atoms with Gasteiger partial charge in [0.2, 0.25) is 5.95 Å². The van der Waals surface area contributed by atoms with Crippen LogP contribution >= 0.6 is 0 Å². The van der Waals surface area contributed by atoms with Crippen molar-refractivity contribution in [1.82, 2.24) is 25.2 Å². The number of hydrogen-bond acceptors (Lipinski definition) is 10. The Balaban J connectivity index is 1.11. The number of anilines is 3. The highest BCUT2D eigenvalue weighted by Crippen LogP contribution is 2.28. The van der Waals surface area contributed by atoms with Crippen molar-refractivity contribution in [2.45, 2.75) is 37.7 Å². The number of alkyl halides is 1. The number of hydrogen-bond donors (Lipinski definition) is 2. The molecule has 1 aromatic heterocycles. The van der Waals surface area contributed by atoms with E-state index in [0.29, 0.717) is 53.7 Å². The van der Waals surface area contributed by atoms with Crippen LogP contribution in [-0.2, 0) is 4.74 Å². The molecule has 3 atom stereocenters. The van der Waals surface area contributed by atoms with E-state index in [0.717, 1.165) is 38.5 Å². The molecule has 0 radical (unpaired) electrons. The minimum absolute atomic E-state index is 0.251. The first-order valence-electron chi connectivity index (χ1n) is 13.8. The summed E-state index contributed by atoms with van der Waals surface area (Å²) in [6, 6.07) is 16.6. The van der Waals surface area contributed by atoms with Gasteiger partial charge >= 0.3 is 0 Å². The highest BCUT2D eigenvalue weighted by atomic mass is 19.1. The van der Waals surface area contributed by atoms with Crippen LogP contribution in [0.15, 0.2) is 48.8 Å². The van der Waals surface area contributed by atoms with Gasteiger partial charge in [-0.3, -0.25) is 4.90 Å². The molecule has 0 amide bonds. The lowest BCUT2D eigenvalue weighted by Crippen LogP contribution is -2.60. The number of nitriles is 1. The van der Waals surface area contributed by atoms with Gasteiger partial charge in [-0.15, -0.1) is 0 Å². The molecule has 6 rings (SSSR count). The molecule has 40 heavy (non-hydrogen) atoms. The van der Waals surface area contributed by atoms with E-state index in [2.05, 4.69) is 60.5 Å². The molecule has 4 heterocycles. The minimum atomic E-state index is -1.12. The Kier molecular flexibility index (Phi) is 7.73. The van der Waals surface area contributed by atoms with Gasteiger partial charge in [0.05, 0.1) is 24.8 Å². The van der Waals surface area contributed by atoms with Gasteiger partial charge in [-0.25, -0.2) is 14.4 Å². The number of nitrogens with one attached hydrogen (secondary N) is 2. The van der Waals surface area contributed by atoms with Crippen LogP contribution < -0.4 is 20.3 Å². The Labute approximate surface area is 233 Å². The number of ether oxygens (including phenoxy) is 2.